The lowest BCUT2D eigenvalue weighted by atomic mass is 10.2. The molecule has 0 bridgehead atoms. The SMILES string of the molecule is Nc1ccn([C@H]2C[C@H](O)[C@@H](CO)O2)c(=O)n1.O=P(O)(O)OP(=O)(O)O. The van der Waals surface area contributed by atoms with Crippen LogP contribution in [0.1, 0.15) is 12.6 Å². The Balaban J connectivity index is 0.000000299. The Kier molecular flexibility index (Phi) is 7.40. The summed E-state index contributed by atoms with van der Waals surface area (Å²) in [4.78, 5) is 46.0. The van der Waals surface area contributed by atoms with E-state index >= 15 is 0 Å². The summed E-state index contributed by atoms with van der Waals surface area (Å²) in [6, 6.07) is 1.48. The van der Waals surface area contributed by atoms with Crippen LogP contribution < -0.4 is 11.4 Å². The van der Waals surface area contributed by atoms with Crippen LogP contribution in [-0.2, 0) is 18.2 Å². The van der Waals surface area contributed by atoms with E-state index in [1.807, 2.05) is 0 Å². The van der Waals surface area contributed by atoms with Crippen LogP contribution in [0.5, 0.6) is 0 Å². The van der Waals surface area contributed by atoms with Crippen LogP contribution >= 0.6 is 15.6 Å². The number of nitrogens with two attached hydrogens (primary N) is 1. The van der Waals surface area contributed by atoms with Gasteiger partial charge in [0.05, 0.1) is 12.7 Å². The zero-order valence-electron chi connectivity index (χ0n) is 12.4. The molecule has 0 spiro atoms. The number of phosphoric acid groups is 2. The van der Waals surface area contributed by atoms with Gasteiger partial charge in [-0.15, -0.1) is 0 Å². The van der Waals surface area contributed by atoms with Gasteiger partial charge in [-0.1, -0.05) is 0 Å². The van der Waals surface area contributed by atoms with Crippen molar-refractivity contribution in [3.63, 3.8) is 0 Å². The second kappa shape index (κ2) is 8.47. The summed E-state index contributed by atoms with van der Waals surface area (Å²) in [6.07, 6.45) is -0.333. The van der Waals surface area contributed by atoms with Crippen molar-refractivity contribution in [2.24, 2.45) is 0 Å². The third-order valence-corrected chi connectivity index (χ3v) is 4.46. The molecule has 2 heterocycles. The minimum absolute atomic E-state index is 0.138. The van der Waals surface area contributed by atoms with Crippen molar-refractivity contribution in [2.45, 2.75) is 24.9 Å². The van der Waals surface area contributed by atoms with Gasteiger partial charge in [-0.25, -0.2) is 13.9 Å². The highest BCUT2D eigenvalue weighted by molar-refractivity contribution is 7.60. The highest BCUT2D eigenvalue weighted by Crippen LogP contribution is 2.53. The van der Waals surface area contributed by atoms with Gasteiger partial charge < -0.3 is 40.3 Å². The fourth-order valence-corrected chi connectivity index (χ4v) is 2.94. The maximum Gasteiger partial charge on any atom is 0.478 e. The fraction of sp³-hybridized carbons (Fsp3) is 0.556. The van der Waals surface area contributed by atoms with Gasteiger partial charge in [0.1, 0.15) is 18.1 Å². The van der Waals surface area contributed by atoms with Gasteiger partial charge in [0.2, 0.25) is 0 Å². The van der Waals surface area contributed by atoms with E-state index in [2.05, 4.69) is 9.29 Å². The van der Waals surface area contributed by atoms with Crippen LogP contribution in [0.2, 0.25) is 0 Å². The number of aromatic nitrogens is 2. The topological polar surface area (TPSA) is 235 Å². The second-order valence-corrected chi connectivity index (χ2v) is 7.34. The number of ether oxygens (including phenoxy) is 1. The maximum absolute atomic E-state index is 11.5. The molecule has 8 N–H and O–H groups in total. The van der Waals surface area contributed by atoms with Crippen LogP contribution in [0.4, 0.5) is 5.82 Å². The van der Waals surface area contributed by atoms with Gasteiger partial charge >= 0.3 is 21.3 Å². The van der Waals surface area contributed by atoms with Crippen molar-refractivity contribution < 1.29 is 48.0 Å². The summed E-state index contributed by atoms with van der Waals surface area (Å²) in [5.74, 6) is 0.138. The van der Waals surface area contributed by atoms with Crippen molar-refractivity contribution in [1.29, 1.82) is 0 Å². The zero-order chi connectivity index (χ0) is 19.4. The summed E-state index contributed by atoms with van der Waals surface area (Å²) in [6.45, 7) is -0.283. The molecular formula is C9H17N3O11P2. The zero-order valence-corrected chi connectivity index (χ0v) is 14.2. The molecule has 3 atom stereocenters. The minimum Gasteiger partial charge on any atom is -0.394 e. The average Bonchev–Trinajstić information content (AvgIpc) is 2.76. The Morgan fingerprint density at radius 1 is 1.32 bits per heavy atom. The lowest BCUT2D eigenvalue weighted by Gasteiger charge is -2.13. The molecule has 1 aliphatic rings. The number of aliphatic hydroxyl groups excluding tert-OH is 2. The van der Waals surface area contributed by atoms with Gasteiger partial charge in [0.15, 0.2) is 0 Å². The Hall–Kier alpha value is -1.18. The van der Waals surface area contributed by atoms with Crippen molar-refractivity contribution in [3.8, 4) is 0 Å². The highest BCUT2D eigenvalue weighted by Gasteiger charge is 2.34. The van der Waals surface area contributed by atoms with E-state index in [4.69, 9.17) is 35.2 Å². The van der Waals surface area contributed by atoms with Crippen molar-refractivity contribution in [3.05, 3.63) is 22.7 Å². The van der Waals surface area contributed by atoms with Gasteiger partial charge in [-0.05, 0) is 6.07 Å². The largest absolute Gasteiger partial charge is 0.478 e. The van der Waals surface area contributed by atoms with Crippen molar-refractivity contribution in [1.82, 2.24) is 9.55 Å². The molecule has 0 unspecified atom stereocenters. The molecule has 0 saturated carbocycles. The monoisotopic (exact) mass is 405 g/mol. The molecular weight excluding hydrogens is 388 g/mol. The molecule has 1 aromatic rings. The molecule has 144 valence electrons. The Labute approximate surface area is 139 Å². The molecule has 0 aromatic carbocycles. The predicted molar refractivity (Wildman–Crippen MR) is 79.7 cm³/mol. The smallest absolute Gasteiger partial charge is 0.394 e. The van der Waals surface area contributed by atoms with E-state index in [9.17, 15) is 19.0 Å². The number of nitrogen functional groups attached to an aromatic ring is 1. The maximum atomic E-state index is 11.5. The molecule has 14 nitrogen and oxygen atoms in total. The van der Waals surface area contributed by atoms with E-state index in [1.54, 1.807) is 0 Å². The molecule has 1 aliphatic heterocycles. The normalized spacial score (nSPS) is 23.8. The third-order valence-electron chi connectivity index (χ3n) is 2.76. The van der Waals surface area contributed by atoms with E-state index in [-0.39, 0.29) is 18.8 Å². The Morgan fingerprint density at radius 2 is 1.88 bits per heavy atom. The predicted octanol–water partition coefficient (Wildman–Crippen LogP) is -2.35. The van der Waals surface area contributed by atoms with Crippen LogP contribution in [0, 0.1) is 0 Å². The molecule has 25 heavy (non-hydrogen) atoms. The summed E-state index contributed by atoms with van der Waals surface area (Å²) in [7, 11) is -10.1. The summed E-state index contributed by atoms with van der Waals surface area (Å²) >= 11 is 0. The first-order valence-corrected chi connectivity index (χ1v) is 9.50. The third kappa shape index (κ3) is 7.71. The van der Waals surface area contributed by atoms with E-state index in [0.717, 1.165) is 0 Å². The second-order valence-electron chi connectivity index (χ2n) is 4.72. The molecule has 0 radical (unpaired) electrons. The van der Waals surface area contributed by atoms with Crippen LogP contribution in [0.3, 0.4) is 0 Å². The minimum atomic E-state index is -5.05. The molecule has 16 heteroatoms. The van der Waals surface area contributed by atoms with Gasteiger partial charge in [-0.3, -0.25) is 4.57 Å². The molecule has 1 saturated heterocycles. The van der Waals surface area contributed by atoms with Gasteiger partial charge in [0.25, 0.3) is 0 Å². The number of hydrogen-bond donors (Lipinski definition) is 7. The van der Waals surface area contributed by atoms with Crippen molar-refractivity contribution >= 4 is 21.5 Å². The lowest BCUT2D eigenvalue weighted by molar-refractivity contribution is -0.0458. The number of hydrogen-bond acceptors (Lipinski definition) is 9. The summed E-state index contributed by atoms with van der Waals surface area (Å²) < 4.78 is 28.8. The van der Waals surface area contributed by atoms with Gasteiger partial charge in [-0.2, -0.15) is 9.29 Å². The van der Waals surface area contributed by atoms with Crippen LogP contribution in [-0.4, -0.2) is 58.2 Å². The number of anilines is 1. The average molecular weight is 405 g/mol. The first-order valence-electron chi connectivity index (χ1n) is 6.44. The first kappa shape index (κ1) is 21.9. The summed E-state index contributed by atoms with van der Waals surface area (Å²) in [5, 5.41) is 18.4. The Bertz CT molecular complexity index is 708. The number of rotatable bonds is 4. The first-order chi connectivity index (χ1) is 11.3. The molecule has 0 aliphatic carbocycles. The molecule has 1 aromatic heterocycles. The van der Waals surface area contributed by atoms with E-state index in [1.165, 1.54) is 16.8 Å². The standard InChI is InChI=1S/C9H13N3O4.H4O7P2/c10-7-1-2-12(9(15)11-7)8-3-5(14)6(4-13)16-8;1-8(2,3)7-9(4,5)6/h1-2,5-6,8,13-14H,3-4H2,(H2,10,11,15);(H2,1,2,3)(H2,4,5,6)/t5-,6+,8+;/m0./s1. The molecule has 2 rings (SSSR count). The lowest BCUT2D eigenvalue weighted by Crippen LogP contribution is -2.27. The van der Waals surface area contributed by atoms with E-state index in [0.29, 0.717) is 0 Å². The quantitative estimate of drug-likeness (QED) is 0.260. The van der Waals surface area contributed by atoms with Gasteiger partial charge in [0, 0.05) is 12.6 Å². The van der Waals surface area contributed by atoms with Crippen LogP contribution in [0.25, 0.3) is 0 Å². The number of aliphatic hydroxyl groups is 2. The number of nitrogens with zero attached hydrogens (tertiary/aromatic N) is 2. The van der Waals surface area contributed by atoms with Crippen molar-refractivity contribution in [2.75, 3.05) is 12.3 Å². The van der Waals surface area contributed by atoms with E-state index < -0.39 is 39.8 Å². The Morgan fingerprint density at radius 3 is 2.24 bits per heavy atom. The molecule has 0 amide bonds. The highest BCUT2D eigenvalue weighted by atomic mass is 31.3. The summed E-state index contributed by atoms with van der Waals surface area (Å²) in [5.41, 5.74) is 4.82. The van der Waals surface area contributed by atoms with Crippen LogP contribution in [0.15, 0.2) is 17.1 Å². The molecule has 1 fully saturated rings. The fourth-order valence-electron chi connectivity index (χ4n) is 1.83.